The predicted octanol–water partition coefficient (Wildman–Crippen LogP) is 1.49. The average molecular weight is 161 g/mol. The summed E-state index contributed by atoms with van der Waals surface area (Å²) in [6, 6.07) is 1.03. The van der Waals surface area contributed by atoms with Crippen molar-refractivity contribution in [1.82, 2.24) is 4.90 Å². The first kappa shape index (κ1) is 5.64. The van der Waals surface area contributed by atoms with Crippen LogP contribution in [0.3, 0.4) is 0 Å². The summed E-state index contributed by atoms with van der Waals surface area (Å²) < 4.78 is 0. The molecule has 5 aliphatic rings. The lowest BCUT2D eigenvalue weighted by Crippen LogP contribution is -2.34. The van der Waals surface area contributed by atoms with Crippen molar-refractivity contribution < 1.29 is 0 Å². The Morgan fingerprint density at radius 1 is 1.42 bits per heavy atom. The maximum atomic E-state index is 2.86. The van der Waals surface area contributed by atoms with Crippen molar-refractivity contribution in [3.8, 4) is 0 Å². The zero-order valence-corrected chi connectivity index (χ0v) is 7.59. The molecule has 0 aromatic carbocycles. The van der Waals surface area contributed by atoms with Crippen molar-refractivity contribution in [1.29, 1.82) is 0 Å². The molecule has 64 valence electrons. The van der Waals surface area contributed by atoms with Gasteiger partial charge in [-0.05, 0) is 42.4 Å². The van der Waals surface area contributed by atoms with Gasteiger partial charge in [-0.25, -0.2) is 0 Å². The normalized spacial score (nSPS) is 84.2. The van der Waals surface area contributed by atoms with E-state index in [1.54, 1.807) is 12.8 Å². The van der Waals surface area contributed by atoms with E-state index in [-0.39, 0.29) is 0 Å². The van der Waals surface area contributed by atoms with E-state index in [4.69, 9.17) is 0 Å². The van der Waals surface area contributed by atoms with Crippen LogP contribution in [0.25, 0.3) is 0 Å². The van der Waals surface area contributed by atoms with Crippen molar-refractivity contribution in [3.63, 3.8) is 0 Å². The minimum atomic E-state index is 0.826. The number of hydrogen-bond acceptors (Lipinski definition) is 1. The van der Waals surface area contributed by atoms with E-state index >= 15 is 0 Å². The third-order valence-electron chi connectivity index (χ3n) is 6.07. The largest absolute Gasteiger partial charge is 0.291 e. The third kappa shape index (κ3) is 0.275. The maximum Gasteiger partial charge on any atom is 0.0408 e. The van der Waals surface area contributed by atoms with Gasteiger partial charge in [0.1, 0.15) is 0 Å². The Balaban J connectivity index is 1.68. The molecule has 3 aliphatic carbocycles. The van der Waals surface area contributed by atoms with Crippen LogP contribution in [-0.2, 0) is 0 Å². The smallest absolute Gasteiger partial charge is 0.0408 e. The molecule has 7 atom stereocenters. The number of rotatable bonds is 1. The van der Waals surface area contributed by atoms with Crippen LogP contribution in [0.2, 0.25) is 0 Å². The zero-order valence-electron chi connectivity index (χ0n) is 7.59. The third-order valence-corrected chi connectivity index (χ3v) is 6.07. The monoisotopic (exact) mass is 161 g/mol. The molecule has 3 saturated carbocycles. The molecule has 2 spiro atoms. The molecule has 5 rings (SSSR count). The van der Waals surface area contributed by atoms with Gasteiger partial charge in [-0.3, -0.25) is 4.90 Å². The Morgan fingerprint density at radius 3 is 3.17 bits per heavy atom. The summed E-state index contributed by atoms with van der Waals surface area (Å²) >= 11 is 0. The molecular weight excluding hydrogens is 146 g/mol. The van der Waals surface area contributed by atoms with Gasteiger partial charge in [-0.2, -0.15) is 0 Å². The lowest BCUT2D eigenvalue weighted by atomic mass is 9.80. The van der Waals surface area contributed by atoms with Crippen molar-refractivity contribution in [3.05, 3.63) is 0 Å². The van der Waals surface area contributed by atoms with E-state index in [0.717, 1.165) is 17.0 Å². The Labute approximate surface area is 73.1 Å². The van der Waals surface area contributed by atoms with Crippen LogP contribution in [-0.4, -0.2) is 23.0 Å². The minimum Gasteiger partial charge on any atom is -0.291 e. The average Bonchev–Trinajstić information content (AvgIpc) is 2.80. The van der Waals surface area contributed by atoms with Gasteiger partial charge in [-0.1, -0.05) is 6.92 Å². The fourth-order valence-corrected chi connectivity index (χ4v) is 5.64. The van der Waals surface area contributed by atoms with E-state index in [2.05, 4.69) is 11.8 Å². The van der Waals surface area contributed by atoms with Gasteiger partial charge in [0, 0.05) is 18.1 Å². The SMILES string of the molecule is CCC1N2CC3CC34C3CC12C34. The van der Waals surface area contributed by atoms with Gasteiger partial charge >= 0.3 is 0 Å². The second-order valence-corrected chi connectivity index (χ2v) is 5.87. The Morgan fingerprint density at radius 2 is 2.33 bits per heavy atom. The highest BCUT2D eigenvalue weighted by atomic mass is 15.5. The van der Waals surface area contributed by atoms with Crippen LogP contribution >= 0.6 is 0 Å². The van der Waals surface area contributed by atoms with Crippen LogP contribution in [0.5, 0.6) is 0 Å². The Hall–Kier alpha value is -0.0400. The molecule has 7 unspecified atom stereocenters. The second kappa shape index (κ2) is 1.13. The zero-order chi connectivity index (χ0) is 7.72. The van der Waals surface area contributed by atoms with Crippen molar-refractivity contribution in [2.24, 2.45) is 23.2 Å². The van der Waals surface area contributed by atoms with Gasteiger partial charge < -0.3 is 0 Å². The quantitative estimate of drug-likeness (QED) is 0.526. The molecule has 1 nitrogen and oxygen atoms in total. The summed E-state index contributed by atoms with van der Waals surface area (Å²) in [5, 5.41) is 0. The van der Waals surface area contributed by atoms with E-state index in [1.165, 1.54) is 30.7 Å². The fourth-order valence-electron chi connectivity index (χ4n) is 5.64. The molecule has 0 amide bonds. The molecule has 0 aromatic heterocycles. The highest BCUT2D eigenvalue weighted by Crippen LogP contribution is 2.96. The summed E-state index contributed by atoms with van der Waals surface area (Å²) in [6.07, 6.45) is 4.65. The molecule has 1 heteroatoms. The molecular formula is C11H15N. The summed E-state index contributed by atoms with van der Waals surface area (Å²) in [4.78, 5) is 2.86. The van der Waals surface area contributed by atoms with Crippen LogP contribution in [0, 0.1) is 23.2 Å². The molecule has 0 N–H and O–H groups in total. The standard InChI is InChI=1S/C11H15N/c1-2-8-11-4-7-9(11)10(7)3-6(10)5-12(8)11/h6-9H,2-5H2,1H3. The lowest BCUT2D eigenvalue weighted by molar-refractivity contribution is 0.236. The summed E-state index contributed by atoms with van der Waals surface area (Å²) in [7, 11) is 0. The second-order valence-electron chi connectivity index (χ2n) is 5.87. The fraction of sp³-hybridized carbons (Fsp3) is 1.00. The van der Waals surface area contributed by atoms with E-state index < -0.39 is 0 Å². The summed E-state index contributed by atoms with van der Waals surface area (Å²) in [6.45, 7) is 3.87. The van der Waals surface area contributed by atoms with E-state index in [0.29, 0.717) is 0 Å². The van der Waals surface area contributed by atoms with Crippen LogP contribution < -0.4 is 0 Å². The predicted molar refractivity (Wildman–Crippen MR) is 45.7 cm³/mol. The molecule has 5 fully saturated rings. The van der Waals surface area contributed by atoms with Crippen molar-refractivity contribution >= 4 is 0 Å². The molecule has 0 radical (unpaired) electrons. The van der Waals surface area contributed by atoms with Crippen molar-refractivity contribution in [2.75, 3.05) is 6.54 Å². The van der Waals surface area contributed by atoms with Crippen LogP contribution in [0.1, 0.15) is 26.2 Å². The number of hydrogen-bond donors (Lipinski definition) is 0. The first-order chi connectivity index (χ1) is 5.85. The Kier molecular flexibility index (Phi) is 0.533. The first-order valence-electron chi connectivity index (χ1n) is 5.62. The van der Waals surface area contributed by atoms with Gasteiger partial charge in [0.25, 0.3) is 0 Å². The van der Waals surface area contributed by atoms with Gasteiger partial charge in [0.15, 0.2) is 0 Å². The number of nitrogens with zero attached hydrogens (tertiary/aromatic N) is 1. The lowest BCUT2D eigenvalue weighted by Gasteiger charge is -2.27. The molecule has 12 heavy (non-hydrogen) atoms. The maximum absolute atomic E-state index is 2.86. The summed E-state index contributed by atoms with van der Waals surface area (Å²) in [5.74, 6) is 3.61. The van der Waals surface area contributed by atoms with Gasteiger partial charge in [0.05, 0.1) is 0 Å². The van der Waals surface area contributed by atoms with Gasteiger partial charge in [-0.15, -0.1) is 0 Å². The van der Waals surface area contributed by atoms with Crippen LogP contribution in [0.4, 0.5) is 0 Å². The van der Waals surface area contributed by atoms with E-state index in [9.17, 15) is 0 Å². The van der Waals surface area contributed by atoms with Gasteiger partial charge in [0.2, 0.25) is 0 Å². The van der Waals surface area contributed by atoms with Crippen molar-refractivity contribution in [2.45, 2.75) is 37.8 Å². The van der Waals surface area contributed by atoms with Crippen LogP contribution in [0.15, 0.2) is 0 Å². The Bertz CT molecular complexity index is 306. The highest BCUT2D eigenvalue weighted by Gasteiger charge is 2.97. The molecule has 0 bridgehead atoms. The topological polar surface area (TPSA) is 3.01 Å². The molecule has 0 aromatic rings. The van der Waals surface area contributed by atoms with E-state index in [1.807, 2.05) is 0 Å². The summed E-state index contributed by atoms with van der Waals surface area (Å²) in [5.41, 5.74) is 1.81. The highest BCUT2D eigenvalue weighted by molar-refractivity contribution is 5.48. The first-order valence-corrected chi connectivity index (χ1v) is 5.62. The minimum absolute atomic E-state index is 0.826. The molecule has 2 aliphatic heterocycles. The molecule has 2 saturated heterocycles. The number of piperidine rings is 1. The molecule has 2 heterocycles.